The molecular formula is C15H20F3NO4S. The maximum Gasteiger partial charge on any atom is 0.393 e. The molecule has 0 amide bonds. The van der Waals surface area contributed by atoms with E-state index in [1.807, 2.05) is 4.72 Å². The minimum atomic E-state index is -4.69. The quantitative estimate of drug-likeness (QED) is 0.776. The number of carboxylic acids is 1. The van der Waals surface area contributed by atoms with Crippen molar-refractivity contribution in [3.63, 3.8) is 0 Å². The number of benzene rings is 1. The summed E-state index contributed by atoms with van der Waals surface area (Å²) < 4.78 is 65.5. The van der Waals surface area contributed by atoms with E-state index in [1.165, 1.54) is 0 Å². The monoisotopic (exact) mass is 367 g/mol. The van der Waals surface area contributed by atoms with E-state index >= 15 is 0 Å². The molecule has 0 spiro atoms. The smallest absolute Gasteiger partial charge is 0.393 e. The van der Waals surface area contributed by atoms with E-state index in [4.69, 9.17) is 5.11 Å². The number of carboxylic acid groups (broad SMARTS) is 1. The minimum absolute atomic E-state index is 0.0488. The molecule has 2 N–H and O–H groups in total. The predicted octanol–water partition coefficient (Wildman–Crippen LogP) is 2.93. The van der Waals surface area contributed by atoms with Crippen LogP contribution in [-0.4, -0.2) is 32.2 Å². The topological polar surface area (TPSA) is 83.5 Å². The Morgan fingerprint density at radius 2 is 1.71 bits per heavy atom. The van der Waals surface area contributed by atoms with Gasteiger partial charge in [0.05, 0.1) is 10.8 Å². The van der Waals surface area contributed by atoms with E-state index in [2.05, 4.69) is 0 Å². The molecule has 1 aromatic rings. The van der Waals surface area contributed by atoms with Crippen LogP contribution in [0, 0.1) is 26.7 Å². The molecular weight excluding hydrogens is 347 g/mol. The molecule has 0 fully saturated rings. The molecule has 0 bridgehead atoms. The summed E-state index contributed by atoms with van der Waals surface area (Å²) in [6, 6.07) is 3.26. The van der Waals surface area contributed by atoms with Crippen LogP contribution in [0.3, 0.4) is 0 Å². The van der Waals surface area contributed by atoms with Crippen LogP contribution in [0.1, 0.15) is 29.5 Å². The number of halogens is 3. The van der Waals surface area contributed by atoms with Gasteiger partial charge in [0.2, 0.25) is 10.0 Å². The van der Waals surface area contributed by atoms with Gasteiger partial charge in [-0.1, -0.05) is 17.7 Å². The van der Waals surface area contributed by atoms with E-state index in [0.29, 0.717) is 11.1 Å². The first-order valence-electron chi connectivity index (χ1n) is 7.20. The first-order valence-corrected chi connectivity index (χ1v) is 8.69. The van der Waals surface area contributed by atoms with Gasteiger partial charge in [0, 0.05) is 13.0 Å². The van der Waals surface area contributed by atoms with Crippen molar-refractivity contribution >= 4 is 16.0 Å². The number of aryl methyl sites for hydroxylation is 3. The number of hydrogen-bond donors (Lipinski definition) is 2. The summed E-state index contributed by atoms with van der Waals surface area (Å²) in [5.41, 5.74) is 1.72. The lowest BCUT2D eigenvalue weighted by Gasteiger charge is -2.21. The van der Waals surface area contributed by atoms with E-state index in [9.17, 15) is 26.4 Å². The van der Waals surface area contributed by atoms with Crippen molar-refractivity contribution in [1.82, 2.24) is 4.72 Å². The molecule has 1 rings (SSSR count). The van der Waals surface area contributed by atoms with Crippen LogP contribution < -0.4 is 4.72 Å². The van der Waals surface area contributed by atoms with Gasteiger partial charge < -0.3 is 5.11 Å². The number of alkyl halides is 3. The SMILES string of the molecule is Cc1cc(C)c(S(=O)(=O)NC[C@@H](CCC(=O)O)C(F)(F)F)c(C)c1. The summed E-state index contributed by atoms with van der Waals surface area (Å²) in [5.74, 6) is -3.42. The standard InChI is InChI=1S/C15H20F3NO4S/c1-9-6-10(2)14(11(3)7-9)24(22,23)19-8-12(15(16,17)18)4-5-13(20)21/h6-7,12,19H,4-5,8H2,1-3H3,(H,20,21)/t12-/m1/s1. The van der Waals surface area contributed by atoms with Gasteiger partial charge in [0.15, 0.2) is 0 Å². The van der Waals surface area contributed by atoms with Gasteiger partial charge in [0.25, 0.3) is 0 Å². The molecule has 0 aliphatic heterocycles. The van der Waals surface area contributed by atoms with Gasteiger partial charge in [-0.15, -0.1) is 0 Å². The molecule has 0 heterocycles. The third-order valence-electron chi connectivity index (χ3n) is 3.56. The van der Waals surface area contributed by atoms with Gasteiger partial charge in [-0.25, -0.2) is 13.1 Å². The zero-order valence-corrected chi connectivity index (χ0v) is 14.4. The van der Waals surface area contributed by atoms with E-state index in [0.717, 1.165) is 5.56 Å². The molecule has 0 radical (unpaired) electrons. The van der Waals surface area contributed by atoms with Crippen LogP contribution in [0.2, 0.25) is 0 Å². The molecule has 136 valence electrons. The number of rotatable bonds is 7. The Morgan fingerprint density at radius 1 is 1.21 bits per heavy atom. The van der Waals surface area contributed by atoms with Crippen LogP contribution in [0.4, 0.5) is 13.2 Å². The second kappa shape index (κ2) is 7.52. The summed E-state index contributed by atoms with van der Waals surface area (Å²) >= 11 is 0. The van der Waals surface area contributed by atoms with Crippen molar-refractivity contribution in [2.75, 3.05) is 6.54 Å². The summed E-state index contributed by atoms with van der Waals surface area (Å²) in [4.78, 5) is 10.4. The molecule has 0 unspecified atom stereocenters. The van der Waals surface area contributed by atoms with E-state index in [1.54, 1.807) is 32.9 Å². The van der Waals surface area contributed by atoms with Crippen molar-refractivity contribution < 1.29 is 31.5 Å². The van der Waals surface area contributed by atoms with Gasteiger partial charge in [-0.3, -0.25) is 4.79 Å². The second-order valence-corrected chi connectivity index (χ2v) is 7.45. The highest BCUT2D eigenvalue weighted by Crippen LogP contribution is 2.30. The molecule has 5 nitrogen and oxygen atoms in total. The average molecular weight is 367 g/mol. The average Bonchev–Trinajstić information content (AvgIpc) is 2.34. The minimum Gasteiger partial charge on any atom is -0.481 e. The van der Waals surface area contributed by atoms with Gasteiger partial charge >= 0.3 is 12.1 Å². The van der Waals surface area contributed by atoms with Gasteiger partial charge in [-0.05, 0) is 38.3 Å². The lowest BCUT2D eigenvalue weighted by Crippen LogP contribution is -2.37. The molecule has 24 heavy (non-hydrogen) atoms. The second-order valence-electron chi connectivity index (χ2n) is 5.75. The Bertz CT molecular complexity index is 691. The van der Waals surface area contributed by atoms with Crippen molar-refractivity contribution in [3.8, 4) is 0 Å². The Hall–Kier alpha value is -1.61. The fraction of sp³-hybridized carbons (Fsp3) is 0.533. The maximum atomic E-state index is 12.9. The highest BCUT2D eigenvalue weighted by atomic mass is 32.2. The zero-order chi connectivity index (χ0) is 18.7. The lowest BCUT2D eigenvalue weighted by atomic mass is 10.0. The fourth-order valence-electron chi connectivity index (χ4n) is 2.55. The highest BCUT2D eigenvalue weighted by Gasteiger charge is 2.40. The normalized spacial score (nSPS) is 13.8. The van der Waals surface area contributed by atoms with Crippen LogP contribution in [0.15, 0.2) is 17.0 Å². The molecule has 0 aromatic heterocycles. The molecule has 1 atom stereocenters. The summed E-state index contributed by atoms with van der Waals surface area (Å²) in [5, 5.41) is 8.53. The molecule has 0 aliphatic carbocycles. The molecule has 0 saturated heterocycles. The summed E-state index contributed by atoms with van der Waals surface area (Å²) in [7, 11) is -4.13. The fourth-order valence-corrected chi connectivity index (χ4v) is 4.08. The van der Waals surface area contributed by atoms with Crippen LogP contribution >= 0.6 is 0 Å². The predicted molar refractivity (Wildman–Crippen MR) is 82.3 cm³/mol. The first kappa shape index (κ1) is 20.4. The Morgan fingerprint density at radius 3 is 2.12 bits per heavy atom. The Labute approximate surface area is 138 Å². The lowest BCUT2D eigenvalue weighted by molar-refractivity contribution is -0.175. The number of carbonyl (C=O) groups is 1. The molecule has 1 aromatic carbocycles. The third kappa shape index (κ3) is 5.48. The Balaban J connectivity index is 2.99. The van der Waals surface area contributed by atoms with Crippen LogP contribution in [0.5, 0.6) is 0 Å². The van der Waals surface area contributed by atoms with Crippen LogP contribution in [-0.2, 0) is 14.8 Å². The van der Waals surface area contributed by atoms with Crippen molar-refractivity contribution in [1.29, 1.82) is 0 Å². The Kier molecular flexibility index (Phi) is 6.40. The van der Waals surface area contributed by atoms with Gasteiger partial charge in [-0.2, -0.15) is 13.2 Å². The molecule has 9 heteroatoms. The molecule has 0 saturated carbocycles. The van der Waals surface area contributed by atoms with Crippen molar-refractivity contribution in [2.45, 2.75) is 44.7 Å². The first-order chi connectivity index (χ1) is 10.8. The number of nitrogens with one attached hydrogen (secondary N) is 1. The number of sulfonamides is 1. The summed E-state index contributed by atoms with van der Waals surface area (Å²) in [6.07, 6.45) is -6.06. The largest absolute Gasteiger partial charge is 0.481 e. The van der Waals surface area contributed by atoms with Crippen molar-refractivity contribution in [3.05, 3.63) is 28.8 Å². The zero-order valence-electron chi connectivity index (χ0n) is 13.6. The highest BCUT2D eigenvalue weighted by molar-refractivity contribution is 7.89. The third-order valence-corrected chi connectivity index (χ3v) is 5.29. The summed E-state index contributed by atoms with van der Waals surface area (Å²) in [6.45, 7) is 4.03. The van der Waals surface area contributed by atoms with E-state index < -0.39 is 47.5 Å². The maximum absolute atomic E-state index is 12.9. The molecule has 0 aliphatic rings. The number of aliphatic carboxylic acids is 1. The number of hydrogen-bond acceptors (Lipinski definition) is 3. The van der Waals surface area contributed by atoms with Gasteiger partial charge in [0.1, 0.15) is 0 Å². The van der Waals surface area contributed by atoms with Crippen molar-refractivity contribution in [2.24, 2.45) is 5.92 Å². The van der Waals surface area contributed by atoms with E-state index in [-0.39, 0.29) is 4.90 Å². The van der Waals surface area contributed by atoms with Crippen LogP contribution in [0.25, 0.3) is 0 Å².